The number of ether oxygens (including phenoxy) is 2. The Hall–Kier alpha value is -2.77. The van der Waals surface area contributed by atoms with Crippen LogP contribution in [0.5, 0.6) is 11.5 Å². The lowest BCUT2D eigenvalue weighted by Gasteiger charge is -2.32. The summed E-state index contributed by atoms with van der Waals surface area (Å²) in [6.45, 7) is 0.818. The van der Waals surface area contributed by atoms with Gasteiger partial charge in [0, 0.05) is 18.7 Å². The average Bonchev–Trinajstić information content (AvgIpc) is 3.33. The summed E-state index contributed by atoms with van der Waals surface area (Å²) in [6, 6.07) is 4.75. The topological polar surface area (TPSA) is 119 Å². The monoisotopic (exact) mass is 362 g/mol. The Bertz CT molecular complexity index is 739. The third-order valence-electron chi connectivity index (χ3n) is 5.31. The third-order valence-corrected chi connectivity index (χ3v) is 5.31. The summed E-state index contributed by atoms with van der Waals surface area (Å²) in [7, 11) is 1.45. The van der Waals surface area contributed by atoms with Crippen LogP contribution in [-0.2, 0) is 9.59 Å². The summed E-state index contributed by atoms with van der Waals surface area (Å²) in [6.07, 6.45) is 2.14. The minimum absolute atomic E-state index is 0.118. The van der Waals surface area contributed by atoms with Crippen LogP contribution < -0.4 is 15.2 Å². The van der Waals surface area contributed by atoms with Crippen molar-refractivity contribution in [2.45, 2.75) is 19.3 Å². The summed E-state index contributed by atoms with van der Waals surface area (Å²) in [4.78, 5) is 36.4. The van der Waals surface area contributed by atoms with Crippen molar-refractivity contribution >= 4 is 17.8 Å². The molecular formula is C18H22N2O6. The number of nitrogens with zero attached hydrogens (tertiary/aromatic N) is 1. The standard InChI is InChI=1S/C18H22N2O6/c1-25-14-8-11(2-3-13(14)26-10-15(19)21)16(22)20-6-4-18(5-7-20)9-12(18)17(23)24/h2-3,8,12H,4-7,9-10H2,1H3,(H2,19,21)(H,23,24). The molecule has 140 valence electrons. The van der Waals surface area contributed by atoms with Crippen LogP contribution in [0.2, 0.25) is 0 Å². The zero-order chi connectivity index (χ0) is 18.9. The summed E-state index contributed by atoms with van der Waals surface area (Å²) < 4.78 is 10.5. The van der Waals surface area contributed by atoms with E-state index < -0.39 is 11.9 Å². The lowest BCUT2D eigenvalue weighted by Crippen LogP contribution is -2.40. The first kappa shape index (κ1) is 18.0. The zero-order valence-electron chi connectivity index (χ0n) is 14.6. The number of methoxy groups -OCH3 is 1. The molecule has 2 aliphatic rings. The van der Waals surface area contributed by atoms with Gasteiger partial charge in [0.15, 0.2) is 18.1 Å². The normalized spacial score (nSPS) is 20.5. The van der Waals surface area contributed by atoms with Crippen LogP contribution in [0.4, 0.5) is 0 Å². The molecule has 3 rings (SSSR count). The van der Waals surface area contributed by atoms with Gasteiger partial charge in [-0.05, 0) is 42.9 Å². The van der Waals surface area contributed by atoms with Gasteiger partial charge in [0.2, 0.25) is 0 Å². The van der Waals surface area contributed by atoms with Crippen LogP contribution in [0.3, 0.4) is 0 Å². The van der Waals surface area contributed by atoms with E-state index in [1.54, 1.807) is 23.1 Å². The predicted octanol–water partition coefficient (Wildman–Crippen LogP) is 0.886. The number of benzene rings is 1. The first-order chi connectivity index (χ1) is 12.4. The molecule has 1 heterocycles. The molecule has 1 aliphatic carbocycles. The minimum atomic E-state index is -0.735. The van der Waals surface area contributed by atoms with E-state index >= 15 is 0 Å². The third kappa shape index (κ3) is 3.44. The molecule has 0 bridgehead atoms. The number of amides is 2. The number of aliphatic carboxylic acids is 1. The summed E-state index contributed by atoms with van der Waals surface area (Å²) in [5.74, 6) is -1.05. The van der Waals surface area contributed by atoms with Gasteiger partial charge in [-0.3, -0.25) is 14.4 Å². The predicted molar refractivity (Wildman–Crippen MR) is 91.0 cm³/mol. The van der Waals surface area contributed by atoms with E-state index in [1.807, 2.05) is 0 Å². The van der Waals surface area contributed by atoms with Crippen molar-refractivity contribution in [1.82, 2.24) is 4.90 Å². The van der Waals surface area contributed by atoms with Crippen LogP contribution in [0, 0.1) is 11.3 Å². The van der Waals surface area contributed by atoms with Gasteiger partial charge in [0.05, 0.1) is 13.0 Å². The molecule has 3 N–H and O–H groups in total. The number of likely N-dealkylation sites (tertiary alicyclic amines) is 1. The molecule has 0 aromatic heterocycles. The quantitative estimate of drug-likeness (QED) is 0.775. The van der Waals surface area contributed by atoms with Crippen LogP contribution in [0.1, 0.15) is 29.6 Å². The lowest BCUT2D eigenvalue weighted by molar-refractivity contribution is -0.139. The molecule has 8 heteroatoms. The smallest absolute Gasteiger partial charge is 0.307 e. The van der Waals surface area contributed by atoms with Crippen molar-refractivity contribution < 1.29 is 29.0 Å². The van der Waals surface area contributed by atoms with E-state index in [0.29, 0.717) is 49.4 Å². The molecule has 0 radical (unpaired) electrons. The molecule has 1 aliphatic heterocycles. The Morgan fingerprint density at radius 2 is 1.96 bits per heavy atom. The van der Waals surface area contributed by atoms with Crippen molar-refractivity contribution in [2.24, 2.45) is 17.1 Å². The van der Waals surface area contributed by atoms with E-state index in [2.05, 4.69) is 0 Å². The molecule has 1 aromatic rings. The van der Waals surface area contributed by atoms with Gasteiger partial charge in [-0.2, -0.15) is 0 Å². The fourth-order valence-electron chi connectivity index (χ4n) is 3.66. The molecule has 1 spiro atoms. The fraction of sp³-hybridized carbons (Fsp3) is 0.500. The molecule has 1 aromatic carbocycles. The molecule has 1 unspecified atom stereocenters. The second kappa shape index (κ2) is 6.86. The second-order valence-electron chi connectivity index (χ2n) is 6.87. The molecule has 8 nitrogen and oxygen atoms in total. The molecule has 2 fully saturated rings. The van der Waals surface area contributed by atoms with E-state index in [9.17, 15) is 14.4 Å². The van der Waals surface area contributed by atoms with Gasteiger partial charge in [0.1, 0.15) is 0 Å². The van der Waals surface area contributed by atoms with E-state index in [1.165, 1.54) is 7.11 Å². The highest BCUT2D eigenvalue weighted by molar-refractivity contribution is 5.95. The van der Waals surface area contributed by atoms with Crippen LogP contribution in [0.15, 0.2) is 18.2 Å². The maximum Gasteiger partial charge on any atom is 0.307 e. The first-order valence-electron chi connectivity index (χ1n) is 8.47. The molecule has 1 saturated heterocycles. The summed E-state index contributed by atoms with van der Waals surface area (Å²) in [5.41, 5.74) is 5.40. The number of carbonyl (C=O) groups excluding carboxylic acids is 2. The largest absolute Gasteiger partial charge is 0.493 e. The van der Waals surface area contributed by atoms with Crippen LogP contribution in [-0.4, -0.2) is 54.6 Å². The number of carboxylic acids is 1. The highest BCUT2D eigenvalue weighted by Gasteiger charge is 2.59. The first-order valence-corrected chi connectivity index (χ1v) is 8.47. The van der Waals surface area contributed by atoms with E-state index in [0.717, 1.165) is 0 Å². The fourth-order valence-corrected chi connectivity index (χ4v) is 3.66. The second-order valence-corrected chi connectivity index (χ2v) is 6.87. The van der Waals surface area contributed by atoms with E-state index in [-0.39, 0.29) is 23.8 Å². The maximum atomic E-state index is 12.7. The van der Waals surface area contributed by atoms with Gasteiger partial charge in [-0.15, -0.1) is 0 Å². The number of carbonyl (C=O) groups is 3. The Morgan fingerprint density at radius 1 is 1.27 bits per heavy atom. The minimum Gasteiger partial charge on any atom is -0.493 e. The van der Waals surface area contributed by atoms with Crippen molar-refractivity contribution in [3.8, 4) is 11.5 Å². The maximum absolute atomic E-state index is 12.7. The number of nitrogens with two attached hydrogens (primary N) is 1. The van der Waals surface area contributed by atoms with Crippen molar-refractivity contribution in [2.75, 3.05) is 26.8 Å². The van der Waals surface area contributed by atoms with Crippen LogP contribution >= 0.6 is 0 Å². The molecular weight excluding hydrogens is 340 g/mol. The Kier molecular flexibility index (Phi) is 4.76. The van der Waals surface area contributed by atoms with Crippen molar-refractivity contribution in [3.63, 3.8) is 0 Å². The highest BCUT2D eigenvalue weighted by Crippen LogP contribution is 2.59. The number of hydrogen-bond donors (Lipinski definition) is 2. The number of piperidine rings is 1. The average molecular weight is 362 g/mol. The van der Waals surface area contributed by atoms with Gasteiger partial charge in [-0.25, -0.2) is 0 Å². The lowest BCUT2D eigenvalue weighted by atomic mass is 9.90. The molecule has 26 heavy (non-hydrogen) atoms. The van der Waals surface area contributed by atoms with Gasteiger partial charge >= 0.3 is 5.97 Å². The van der Waals surface area contributed by atoms with Crippen molar-refractivity contribution in [1.29, 1.82) is 0 Å². The van der Waals surface area contributed by atoms with E-state index in [4.69, 9.17) is 20.3 Å². The van der Waals surface area contributed by atoms with Crippen LogP contribution in [0.25, 0.3) is 0 Å². The highest BCUT2D eigenvalue weighted by atomic mass is 16.5. The summed E-state index contributed by atoms with van der Waals surface area (Å²) in [5, 5.41) is 9.15. The summed E-state index contributed by atoms with van der Waals surface area (Å²) >= 11 is 0. The number of rotatable bonds is 6. The van der Waals surface area contributed by atoms with Crippen molar-refractivity contribution in [3.05, 3.63) is 23.8 Å². The number of hydrogen-bond acceptors (Lipinski definition) is 5. The number of primary amides is 1. The Balaban J connectivity index is 1.65. The zero-order valence-corrected chi connectivity index (χ0v) is 14.6. The van der Waals surface area contributed by atoms with Gasteiger partial charge < -0.3 is 25.2 Å². The SMILES string of the molecule is COc1cc(C(=O)N2CCC3(CC2)CC3C(=O)O)ccc1OCC(N)=O. The molecule has 1 atom stereocenters. The molecule has 2 amide bonds. The Morgan fingerprint density at radius 3 is 2.50 bits per heavy atom. The Labute approximate surface area is 150 Å². The van der Waals surface area contributed by atoms with Gasteiger partial charge in [0.25, 0.3) is 11.8 Å². The molecule has 1 saturated carbocycles. The van der Waals surface area contributed by atoms with Gasteiger partial charge in [-0.1, -0.05) is 0 Å². The number of carboxylic acid groups (broad SMARTS) is 1.